The Morgan fingerprint density at radius 2 is 1.25 bits per heavy atom. The van der Waals surface area contributed by atoms with E-state index in [1.165, 1.54) is 32.3 Å². The van der Waals surface area contributed by atoms with Crippen molar-refractivity contribution in [3.05, 3.63) is 96.7 Å². The molecule has 0 aliphatic heterocycles. The number of rotatable bonds is 2. The first-order chi connectivity index (χ1) is 13.9. The maximum absolute atomic E-state index is 4.80. The molecule has 0 aliphatic rings. The van der Waals surface area contributed by atoms with Crippen molar-refractivity contribution in [1.82, 2.24) is 4.98 Å². The number of fused-ring (bicyclic) bond motifs is 1. The lowest BCUT2D eigenvalue weighted by Crippen LogP contribution is -1.88. The van der Waals surface area contributed by atoms with Crippen molar-refractivity contribution >= 4 is 55.1 Å². The van der Waals surface area contributed by atoms with E-state index in [4.69, 9.17) is 9.98 Å². The fraction of sp³-hybridized carbons (Fsp3) is 0. The summed E-state index contributed by atoms with van der Waals surface area (Å²) in [6.07, 6.45) is 1.86. The number of aromatic nitrogens is 1. The molecule has 1 aromatic heterocycles. The van der Waals surface area contributed by atoms with Gasteiger partial charge in [0.05, 0.1) is 23.1 Å². The van der Waals surface area contributed by atoms with Crippen molar-refractivity contribution in [1.29, 1.82) is 0 Å². The molecule has 0 N–H and O–H groups in total. The minimum absolute atomic E-state index is 0.865. The van der Waals surface area contributed by atoms with Crippen molar-refractivity contribution in [2.45, 2.75) is 0 Å². The second-order valence-corrected chi connectivity index (χ2v) is 7.13. The van der Waals surface area contributed by atoms with Crippen LogP contribution < -0.4 is 0 Å². The van der Waals surface area contributed by atoms with E-state index in [1.54, 1.807) is 0 Å². The third kappa shape index (κ3) is 2.28. The predicted molar refractivity (Wildman–Crippen MR) is 119 cm³/mol. The average molecular weight is 356 g/mol. The van der Waals surface area contributed by atoms with Gasteiger partial charge in [0.2, 0.25) is 0 Å². The number of hydrogen-bond acceptors (Lipinski definition) is 2. The Bertz CT molecular complexity index is 1500. The highest BCUT2D eigenvalue weighted by atomic mass is 14.8. The highest BCUT2D eigenvalue weighted by Gasteiger charge is 2.10. The molecule has 6 aromatic rings. The zero-order valence-corrected chi connectivity index (χ0v) is 15.1. The number of benzene rings is 5. The second kappa shape index (κ2) is 5.86. The van der Waals surface area contributed by atoms with Gasteiger partial charge in [-0.3, -0.25) is 4.99 Å². The fourth-order valence-electron chi connectivity index (χ4n) is 4.12. The first-order valence-electron chi connectivity index (χ1n) is 9.43. The first kappa shape index (κ1) is 15.3. The van der Waals surface area contributed by atoms with Gasteiger partial charge >= 0.3 is 0 Å². The maximum atomic E-state index is 4.80. The third-order valence-electron chi connectivity index (χ3n) is 5.46. The molecule has 6 rings (SSSR count). The predicted octanol–water partition coefficient (Wildman–Crippen LogP) is 6.88. The molecule has 0 saturated heterocycles. The van der Waals surface area contributed by atoms with E-state index in [0.717, 1.165) is 22.3 Å². The van der Waals surface area contributed by atoms with E-state index in [9.17, 15) is 0 Å². The smallest absolute Gasteiger partial charge is 0.0820 e. The molecule has 28 heavy (non-hydrogen) atoms. The van der Waals surface area contributed by atoms with Crippen LogP contribution in [0.2, 0.25) is 0 Å². The van der Waals surface area contributed by atoms with Crippen LogP contribution in [0, 0.1) is 0 Å². The summed E-state index contributed by atoms with van der Waals surface area (Å²) in [5.74, 6) is 0. The molecule has 0 unspecified atom stereocenters. The van der Waals surface area contributed by atoms with Gasteiger partial charge in [-0.05, 0) is 45.1 Å². The monoisotopic (exact) mass is 356 g/mol. The first-order valence-corrected chi connectivity index (χ1v) is 9.43. The Morgan fingerprint density at radius 3 is 2.14 bits per heavy atom. The molecule has 130 valence electrons. The van der Waals surface area contributed by atoms with Gasteiger partial charge < -0.3 is 0 Å². The van der Waals surface area contributed by atoms with Crippen LogP contribution in [-0.2, 0) is 0 Å². The van der Waals surface area contributed by atoms with Crippen LogP contribution in [0.3, 0.4) is 0 Å². The molecular weight excluding hydrogens is 340 g/mol. The Kier molecular flexibility index (Phi) is 3.20. The molecule has 2 nitrogen and oxygen atoms in total. The van der Waals surface area contributed by atoms with Gasteiger partial charge in [0.1, 0.15) is 0 Å². The molecule has 0 saturated carbocycles. The van der Waals surface area contributed by atoms with E-state index in [0.29, 0.717) is 0 Å². The SMILES string of the molecule is C(=Nc1ccc2ccc3cccc4ccc1c2c34)c1ccc2ccccc2n1. The van der Waals surface area contributed by atoms with E-state index >= 15 is 0 Å². The standard InChI is InChI=1S/C26H16N2/c1-2-7-23-17(4-1)10-13-21(28-23)16-27-24-15-12-20-9-8-18-5-3-6-19-11-14-22(24)26(20)25(18)19/h1-16H. The summed E-state index contributed by atoms with van der Waals surface area (Å²) >= 11 is 0. The highest BCUT2D eigenvalue weighted by molar-refractivity contribution is 6.25. The average Bonchev–Trinajstić information content (AvgIpc) is 2.76. The lowest BCUT2D eigenvalue weighted by atomic mass is 9.94. The van der Waals surface area contributed by atoms with Gasteiger partial charge in [-0.25, -0.2) is 4.98 Å². The van der Waals surface area contributed by atoms with Gasteiger partial charge in [-0.15, -0.1) is 0 Å². The van der Waals surface area contributed by atoms with Gasteiger partial charge in [-0.1, -0.05) is 72.8 Å². The van der Waals surface area contributed by atoms with Gasteiger partial charge in [0.25, 0.3) is 0 Å². The fourth-order valence-corrected chi connectivity index (χ4v) is 4.12. The Balaban J connectivity index is 1.54. The lowest BCUT2D eigenvalue weighted by molar-refractivity contribution is 1.37. The van der Waals surface area contributed by atoms with Crippen LogP contribution in [0.5, 0.6) is 0 Å². The maximum Gasteiger partial charge on any atom is 0.0820 e. The molecule has 0 atom stereocenters. The summed E-state index contributed by atoms with van der Waals surface area (Å²) in [5, 5.41) is 8.72. The zero-order valence-electron chi connectivity index (χ0n) is 15.1. The van der Waals surface area contributed by atoms with Crippen LogP contribution >= 0.6 is 0 Å². The molecule has 5 aromatic carbocycles. The summed E-state index contributed by atoms with van der Waals surface area (Å²) in [6, 6.07) is 31.8. The zero-order chi connectivity index (χ0) is 18.5. The second-order valence-electron chi connectivity index (χ2n) is 7.13. The summed E-state index contributed by atoms with van der Waals surface area (Å²) in [5.41, 5.74) is 2.83. The highest BCUT2D eigenvalue weighted by Crippen LogP contribution is 2.38. The Hall–Kier alpha value is -3.78. The lowest BCUT2D eigenvalue weighted by Gasteiger charge is -2.11. The Morgan fingerprint density at radius 1 is 0.571 bits per heavy atom. The molecule has 0 radical (unpaired) electrons. The number of aliphatic imine (C=N–C) groups is 1. The summed E-state index contributed by atoms with van der Waals surface area (Å²) in [4.78, 5) is 9.50. The van der Waals surface area contributed by atoms with E-state index in [2.05, 4.69) is 66.7 Å². The van der Waals surface area contributed by atoms with Crippen LogP contribution in [-0.4, -0.2) is 11.2 Å². The van der Waals surface area contributed by atoms with E-state index in [-0.39, 0.29) is 0 Å². The normalized spacial score (nSPS) is 12.1. The van der Waals surface area contributed by atoms with Crippen LogP contribution in [0.1, 0.15) is 5.69 Å². The van der Waals surface area contributed by atoms with Crippen molar-refractivity contribution in [3.63, 3.8) is 0 Å². The van der Waals surface area contributed by atoms with Gasteiger partial charge in [0.15, 0.2) is 0 Å². The number of para-hydroxylation sites is 1. The minimum Gasteiger partial charge on any atom is -0.254 e. The van der Waals surface area contributed by atoms with Crippen molar-refractivity contribution < 1.29 is 0 Å². The van der Waals surface area contributed by atoms with Crippen LogP contribution in [0.15, 0.2) is 96.0 Å². The summed E-state index contributed by atoms with van der Waals surface area (Å²) < 4.78 is 0. The summed E-state index contributed by atoms with van der Waals surface area (Å²) in [7, 11) is 0. The van der Waals surface area contributed by atoms with E-state index in [1.807, 2.05) is 30.5 Å². The molecule has 0 bridgehead atoms. The van der Waals surface area contributed by atoms with E-state index < -0.39 is 0 Å². The van der Waals surface area contributed by atoms with Gasteiger partial charge in [-0.2, -0.15) is 0 Å². The molecular formula is C26H16N2. The molecule has 0 fully saturated rings. The topological polar surface area (TPSA) is 25.2 Å². The third-order valence-corrected chi connectivity index (χ3v) is 5.46. The molecule has 0 amide bonds. The molecule has 0 spiro atoms. The summed E-state index contributed by atoms with van der Waals surface area (Å²) in [6.45, 7) is 0. The molecule has 2 heteroatoms. The van der Waals surface area contributed by atoms with Crippen LogP contribution in [0.4, 0.5) is 5.69 Å². The quantitative estimate of drug-likeness (QED) is 0.245. The van der Waals surface area contributed by atoms with Crippen molar-refractivity contribution in [2.24, 2.45) is 4.99 Å². The number of pyridine rings is 1. The Labute approximate surface area is 162 Å². The van der Waals surface area contributed by atoms with Crippen molar-refractivity contribution in [3.8, 4) is 0 Å². The largest absolute Gasteiger partial charge is 0.254 e. The van der Waals surface area contributed by atoms with Crippen molar-refractivity contribution in [2.75, 3.05) is 0 Å². The minimum atomic E-state index is 0.865. The molecule has 1 heterocycles. The number of nitrogens with zero attached hydrogens (tertiary/aromatic N) is 2. The molecule has 0 aliphatic carbocycles. The van der Waals surface area contributed by atoms with Crippen LogP contribution in [0.25, 0.3) is 43.2 Å². The number of hydrogen-bond donors (Lipinski definition) is 0. The van der Waals surface area contributed by atoms with Gasteiger partial charge in [0, 0.05) is 10.8 Å².